The number of nitrogens with zero attached hydrogens (tertiary/aromatic N) is 1. The van der Waals surface area contributed by atoms with Crippen LogP contribution in [-0.4, -0.2) is 22.2 Å². The van der Waals surface area contributed by atoms with Gasteiger partial charge in [-0.05, 0) is 36.6 Å². The van der Waals surface area contributed by atoms with E-state index in [2.05, 4.69) is 0 Å². The van der Waals surface area contributed by atoms with Crippen LogP contribution in [0.4, 0.5) is 0 Å². The van der Waals surface area contributed by atoms with Gasteiger partial charge in [-0.1, -0.05) is 12.1 Å². The van der Waals surface area contributed by atoms with Gasteiger partial charge in [0.25, 0.3) is 5.56 Å². The van der Waals surface area contributed by atoms with Crippen LogP contribution in [-0.2, 0) is 4.74 Å². The van der Waals surface area contributed by atoms with E-state index < -0.39 is 5.97 Å². The van der Waals surface area contributed by atoms with Gasteiger partial charge in [0.15, 0.2) is 0 Å². The van der Waals surface area contributed by atoms with Crippen molar-refractivity contribution in [3.63, 3.8) is 0 Å². The summed E-state index contributed by atoms with van der Waals surface area (Å²) < 4.78 is 6.99. The summed E-state index contributed by atoms with van der Waals surface area (Å²) in [6.07, 6.45) is 3.40. The van der Waals surface area contributed by atoms with Gasteiger partial charge < -0.3 is 9.84 Å². The molecule has 1 aliphatic heterocycles. The Bertz CT molecular complexity index is 729. The van der Waals surface area contributed by atoms with E-state index in [0.717, 1.165) is 25.0 Å². The predicted molar refractivity (Wildman–Crippen MR) is 76.9 cm³/mol. The van der Waals surface area contributed by atoms with Crippen LogP contribution in [0.5, 0.6) is 0 Å². The molecule has 1 N–H and O–H groups in total. The smallest absolute Gasteiger partial charge is 0.337 e. The summed E-state index contributed by atoms with van der Waals surface area (Å²) >= 11 is 0. The Kier molecular flexibility index (Phi) is 3.58. The fraction of sp³-hybridized carbons (Fsp3) is 0.250. The van der Waals surface area contributed by atoms with Crippen molar-refractivity contribution in [1.29, 1.82) is 0 Å². The Morgan fingerprint density at radius 2 is 2.14 bits per heavy atom. The third-order valence-electron chi connectivity index (χ3n) is 3.61. The zero-order chi connectivity index (χ0) is 14.8. The molecule has 1 unspecified atom stereocenters. The second-order valence-electron chi connectivity index (χ2n) is 5.03. The zero-order valence-corrected chi connectivity index (χ0v) is 11.4. The van der Waals surface area contributed by atoms with Crippen LogP contribution in [0.2, 0.25) is 0 Å². The largest absolute Gasteiger partial charge is 0.478 e. The molecule has 0 radical (unpaired) electrons. The molecule has 0 aliphatic carbocycles. The van der Waals surface area contributed by atoms with Gasteiger partial charge in [0.1, 0.15) is 0 Å². The molecule has 0 saturated carbocycles. The van der Waals surface area contributed by atoms with Gasteiger partial charge in [-0.15, -0.1) is 0 Å². The van der Waals surface area contributed by atoms with E-state index in [4.69, 9.17) is 9.84 Å². The minimum atomic E-state index is -1.06. The Labute approximate surface area is 121 Å². The van der Waals surface area contributed by atoms with E-state index >= 15 is 0 Å². The molecular weight excluding hydrogens is 270 g/mol. The maximum Gasteiger partial charge on any atom is 0.337 e. The van der Waals surface area contributed by atoms with Gasteiger partial charge in [0, 0.05) is 24.6 Å². The Balaban J connectivity index is 2.04. The van der Waals surface area contributed by atoms with Crippen molar-refractivity contribution in [3.05, 3.63) is 64.1 Å². The fourth-order valence-corrected chi connectivity index (χ4v) is 2.53. The lowest BCUT2D eigenvalue weighted by atomic mass is 10.1. The van der Waals surface area contributed by atoms with Crippen molar-refractivity contribution in [2.45, 2.75) is 18.9 Å². The molecule has 2 heterocycles. The highest BCUT2D eigenvalue weighted by Crippen LogP contribution is 2.29. The topological polar surface area (TPSA) is 68.5 Å². The number of aromatic carboxylic acids is 1. The molecule has 21 heavy (non-hydrogen) atoms. The lowest BCUT2D eigenvalue weighted by molar-refractivity contribution is 0.0696. The Morgan fingerprint density at radius 1 is 1.29 bits per heavy atom. The first-order valence-electron chi connectivity index (χ1n) is 6.83. The minimum Gasteiger partial charge on any atom is -0.478 e. The molecule has 1 saturated heterocycles. The van der Waals surface area contributed by atoms with Crippen molar-refractivity contribution in [3.8, 4) is 5.69 Å². The van der Waals surface area contributed by atoms with Gasteiger partial charge in [-0.3, -0.25) is 9.36 Å². The van der Waals surface area contributed by atoms with Gasteiger partial charge in [0.05, 0.1) is 11.7 Å². The molecule has 5 nitrogen and oxygen atoms in total. The van der Waals surface area contributed by atoms with Crippen LogP contribution in [0, 0.1) is 0 Å². The average Bonchev–Trinajstić information content (AvgIpc) is 3.02. The Morgan fingerprint density at radius 3 is 2.86 bits per heavy atom. The van der Waals surface area contributed by atoms with Crippen molar-refractivity contribution in [1.82, 2.24) is 4.57 Å². The van der Waals surface area contributed by atoms with Crippen molar-refractivity contribution >= 4 is 5.97 Å². The monoisotopic (exact) mass is 285 g/mol. The normalized spacial score (nSPS) is 17.8. The van der Waals surface area contributed by atoms with Crippen LogP contribution in [0.25, 0.3) is 5.69 Å². The molecule has 1 fully saturated rings. The van der Waals surface area contributed by atoms with Crippen LogP contribution < -0.4 is 5.56 Å². The summed E-state index contributed by atoms with van der Waals surface area (Å²) in [6.45, 7) is 0.753. The molecule has 1 atom stereocenters. The highest BCUT2D eigenvalue weighted by Gasteiger charge is 2.18. The molecule has 0 spiro atoms. The maximum absolute atomic E-state index is 12.0. The van der Waals surface area contributed by atoms with Crippen LogP contribution in [0.3, 0.4) is 0 Å². The number of hydrogen-bond donors (Lipinski definition) is 1. The standard InChI is InChI=1S/C16H15NO4/c18-15-7-6-12(16(19)20)10-17(15)13-4-1-3-11(9-13)14-5-2-8-21-14/h1,3-4,6-7,9-10,14H,2,5,8H2,(H,19,20). The zero-order valence-electron chi connectivity index (χ0n) is 11.4. The van der Waals surface area contributed by atoms with Crippen molar-refractivity contribution in [2.24, 2.45) is 0 Å². The summed E-state index contributed by atoms with van der Waals surface area (Å²) in [5.41, 5.74) is 1.48. The summed E-state index contributed by atoms with van der Waals surface area (Å²) in [7, 11) is 0. The summed E-state index contributed by atoms with van der Waals surface area (Å²) in [6, 6.07) is 10.1. The van der Waals surface area contributed by atoms with E-state index in [9.17, 15) is 9.59 Å². The molecule has 0 amide bonds. The van der Waals surface area contributed by atoms with E-state index in [1.165, 1.54) is 22.9 Å². The van der Waals surface area contributed by atoms with E-state index in [0.29, 0.717) is 5.69 Å². The third-order valence-corrected chi connectivity index (χ3v) is 3.61. The van der Waals surface area contributed by atoms with Crippen molar-refractivity contribution in [2.75, 3.05) is 6.61 Å². The van der Waals surface area contributed by atoms with Gasteiger partial charge >= 0.3 is 5.97 Å². The third kappa shape index (κ3) is 2.73. The number of hydrogen-bond acceptors (Lipinski definition) is 3. The van der Waals surface area contributed by atoms with E-state index in [-0.39, 0.29) is 17.2 Å². The highest BCUT2D eigenvalue weighted by molar-refractivity contribution is 5.87. The molecule has 2 aromatic rings. The number of ether oxygens (including phenoxy) is 1. The number of benzene rings is 1. The number of carboxylic acids is 1. The summed E-state index contributed by atoms with van der Waals surface area (Å²) in [4.78, 5) is 23.0. The first kappa shape index (κ1) is 13.6. The number of aromatic nitrogens is 1. The number of rotatable bonds is 3. The predicted octanol–water partition coefficient (Wildman–Crippen LogP) is 2.39. The molecular formula is C16H15NO4. The molecule has 1 aromatic carbocycles. The maximum atomic E-state index is 12.0. The molecule has 1 aromatic heterocycles. The summed E-state index contributed by atoms with van der Waals surface area (Å²) in [5.74, 6) is -1.06. The second-order valence-corrected chi connectivity index (χ2v) is 5.03. The molecule has 1 aliphatic rings. The highest BCUT2D eigenvalue weighted by atomic mass is 16.5. The molecule has 108 valence electrons. The number of pyridine rings is 1. The van der Waals surface area contributed by atoms with Crippen molar-refractivity contribution < 1.29 is 14.6 Å². The summed E-state index contributed by atoms with van der Waals surface area (Å²) in [5, 5.41) is 9.04. The fourth-order valence-electron chi connectivity index (χ4n) is 2.53. The van der Waals surface area contributed by atoms with Crippen LogP contribution in [0.15, 0.2) is 47.4 Å². The van der Waals surface area contributed by atoms with Gasteiger partial charge in [-0.2, -0.15) is 0 Å². The first-order chi connectivity index (χ1) is 10.1. The minimum absolute atomic E-state index is 0.0586. The lowest BCUT2D eigenvalue weighted by Gasteiger charge is -2.12. The SMILES string of the molecule is O=C(O)c1ccc(=O)n(-c2cccc(C3CCCO3)c2)c1. The molecule has 5 heteroatoms. The van der Waals surface area contributed by atoms with Crippen LogP contribution >= 0.6 is 0 Å². The molecule has 3 rings (SSSR count). The van der Waals surface area contributed by atoms with Gasteiger partial charge in [0.2, 0.25) is 0 Å². The van der Waals surface area contributed by atoms with Gasteiger partial charge in [-0.25, -0.2) is 4.79 Å². The number of carbonyl (C=O) groups is 1. The Hall–Kier alpha value is -2.40. The van der Waals surface area contributed by atoms with Crippen LogP contribution in [0.1, 0.15) is 34.9 Å². The average molecular weight is 285 g/mol. The van der Waals surface area contributed by atoms with E-state index in [1.807, 2.05) is 18.2 Å². The lowest BCUT2D eigenvalue weighted by Crippen LogP contribution is -2.18. The molecule has 0 bridgehead atoms. The number of carboxylic acid groups (broad SMARTS) is 1. The first-order valence-corrected chi connectivity index (χ1v) is 6.83. The quantitative estimate of drug-likeness (QED) is 0.940. The van der Waals surface area contributed by atoms with E-state index in [1.54, 1.807) is 6.07 Å². The second kappa shape index (κ2) is 5.54.